The predicted octanol–water partition coefficient (Wildman–Crippen LogP) is 4.02. The number of nitrogens with zero attached hydrogens (tertiary/aromatic N) is 4. The van der Waals surface area contributed by atoms with Crippen LogP contribution in [0, 0.1) is 0 Å². The number of halogens is 1. The first kappa shape index (κ1) is 20.0. The number of hydrogen-bond donors (Lipinski definition) is 3. The van der Waals surface area contributed by atoms with Crippen molar-refractivity contribution in [2.45, 2.75) is 12.8 Å². The van der Waals surface area contributed by atoms with Gasteiger partial charge in [0, 0.05) is 24.6 Å². The standard InChI is InChI=1S/C23H20ClN7O/c24-18-14-26-23(28-17-7-6-15-8-10-25-21(32)13-16(15)12-17)30-22(18)29-19-4-1-2-5-20(19)31-11-3-9-27-31/h1-7,9,11-12,14H,8,10,13H2,(H,25,32)(H2,26,28,29,30). The summed E-state index contributed by atoms with van der Waals surface area (Å²) in [5.74, 6) is 0.899. The maximum Gasteiger partial charge on any atom is 0.229 e. The van der Waals surface area contributed by atoms with Crippen molar-refractivity contribution >= 4 is 40.6 Å². The Labute approximate surface area is 189 Å². The molecule has 0 fully saturated rings. The maximum absolute atomic E-state index is 11.9. The number of benzene rings is 2. The number of para-hydroxylation sites is 2. The lowest BCUT2D eigenvalue weighted by molar-refractivity contribution is -0.120. The molecule has 9 heteroatoms. The number of fused-ring (bicyclic) bond motifs is 1. The normalized spacial score (nSPS) is 13.1. The summed E-state index contributed by atoms with van der Waals surface area (Å²) in [4.78, 5) is 20.8. The van der Waals surface area contributed by atoms with Gasteiger partial charge in [-0.1, -0.05) is 29.8 Å². The van der Waals surface area contributed by atoms with Crippen LogP contribution in [0.4, 0.5) is 23.1 Å². The molecular formula is C23H20ClN7O. The molecule has 3 heterocycles. The molecule has 0 saturated carbocycles. The summed E-state index contributed by atoms with van der Waals surface area (Å²) in [5.41, 5.74) is 4.65. The van der Waals surface area contributed by atoms with Crippen LogP contribution < -0.4 is 16.0 Å². The molecule has 0 bridgehead atoms. The molecule has 0 radical (unpaired) electrons. The summed E-state index contributed by atoms with van der Waals surface area (Å²) in [6.45, 7) is 0.661. The highest BCUT2D eigenvalue weighted by Crippen LogP contribution is 2.28. The van der Waals surface area contributed by atoms with Crippen LogP contribution in [0.3, 0.4) is 0 Å². The predicted molar refractivity (Wildman–Crippen MR) is 124 cm³/mol. The minimum absolute atomic E-state index is 0.0333. The SMILES string of the molecule is O=C1Cc2cc(Nc3ncc(Cl)c(Nc4ccccc4-n4cccn4)n3)ccc2CCN1. The third kappa shape index (κ3) is 4.26. The molecule has 160 valence electrons. The summed E-state index contributed by atoms with van der Waals surface area (Å²) in [7, 11) is 0. The third-order valence-corrected chi connectivity index (χ3v) is 5.46. The van der Waals surface area contributed by atoms with E-state index in [1.54, 1.807) is 17.1 Å². The molecule has 2 aromatic carbocycles. The van der Waals surface area contributed by atoms with Crippen molar-refractivity contribution < 1.29 is 4.79 Å². The van der Waals surface area contributed by atoms with Gasteiger partial charge >= 0.3 is 0 Å². The Morgan fingerprint density at radius 1 is 1.06 bits per heavy atom. The molecule has 32 heavy (non-hydrogen) atoms. The topological polar surface area (TPSA) is 96.8 Å². The summed E-state index contributed by atoms with van der Waals surface area (Å²) in [6.07, 6.45) is 6.33. The van der Waals surface area contributed by atoms with Gasteiger partial charge in [0.1, 0.15) is 5.02 Å². The Morgan fingerprint density at radius 2 is 1.97 bits per heavy atom. The van der Waals surface area contributed by atoms with Crippen LogP contribution in [-0.2, 0) is 17.6 Å². The summed E-state index contributed by atoms with van der Waals surface area (Å²) in [5, 5.41) is 14.1. The minimum atomic E-state index is 0.0333. The third-order valence-electron chi connectivity index (χ3n) is 5.18. The Kier molecular flexibility index (Phi) is 5.43. The van der Waals surface area contributed by atoms with Gasteiger partial charge in [0.05, 0.1) is 24.0 Å². The number of hydrogen-bond acceptors (Lipinski definition) is 6. The van der Waals surface area contributed by atoms with Crippen LogP contribution in [0.5, 0.6) is 0 Å². The number of anilines is 4. The molecule has 1 amide bonds. The van der Waals surface area contributed by atoms with Gasteiger partial charge in [0.2, 0.25) is 11.9 Å². The molecule has 1 aliphatic rings. The average Bonchev–Trinajstić information content (AvgIpc) is 3.26. The van der Waals surface area contributed by atoms with E-state index in [0.29, 0.717) is 29.8 Å². The highest BCUT2D eigenvalue weighted by Gasteiger charge is 2.14. The van der Waals surface area contributed by atoms with Crippen molar-refractivity contribution in [2.24, 2.45) is 0 Å². The monoisotopic (exact) mass is 445 g/mol. The van der Waals surface area contributed by atoms with Crippen LogP contribution in [0.2, 0.25) is 5.02 Å². The second-order valence-corrected chi connectivity index (χ2v) is 7.78. The molecule has 3 N–H and O–H groups in total. The molecule has 0 atom stereocenters. The second-order valence-electron chi connectivity index (χ2n) is 7.37. The Hall–Kier alpha value is -3.91. The zero-order valence-electron chi connectivity index (χ0n) is 17.0. The molecule has 0 saturated heterocycles. The van der Waals surface area contributed by atoms with E-state index in [1.807, 2.05) is 54.7 Å². The first-order valence-electron chi connectivity index (χ1n) is 10.2. The second kappa shape index (κ2) is 8.68. The number of aromatic nitrogens is 4. The van der Waals surface area contributed by atoms with Crippen molar-refractivity contribution in [1.29, 1.82) is 0 Å². The molecule has 8 nitrogen and oxygen atoms in total. The Morgan fingerprint density at radius 3 is 2.84 bits per heavy atom. The summed E-state index contributed by atoms with van der Waals surface area (Å²) in [6, 6.07) is 15.6. The number of rotatable bonds is 5. The van der Waals surface area contributed by atoms with Crippen molar-refractivity contribution in [3.05, 3.63) is 83.3 Å². The van der Waals surface area contributed by atoms with Crippen molar-refractivity contribution in [2.75, 3.05) is 17.2 Å². The first-order valence-corrected chi connectivity index (χ1v) is 10.6. The van der Waals surface area contributed by atoms with Crippen LogP contribution >= 0.6 is 11.6 Å². The molecule has 0 unspecified atom stereocenters. The van der Waals surface area contributed by atoms with Gasteiger partial charge in [0.25, 0.3) is 0 Å². The van der Waals surface area contributed by atoms with Crippen LogP contribution in [-0.4, -0.2) is 32.2 Å². The first-order chi connectivity index (χ1) is 15.7. The molecule has 4 aromatic rings. The van der Waals surface area contributed by atoms with Crippen LogP contribution in [0.25, 0.3) is 5.69 Å². The van der Waals surface area contributed by atoms with Gasteiger partial charge in [-0.3, -0.25) is 4.79 Å². The molecule has 2 aromatic heterocycles. The molecule has 0 spiro atoms. The highest BCUT2D eigenvalue weighted by molar-refractivity contribution is 6.33. The number of carbonyl (C=O) groups is 1. The Balaban J connectivity index is 1.41. The largest absolute Gasteiger partial charge is 0.355 e. The van der Waals surface area contributed by atoms with E-state index in [-0.39, 0.29) is 5.91 Å². The van der Waals surface area contributed by atoms with Crippen molar-refractivity contribution in [1.82, 2.24) is 25.1 Å². The summed E-state index contributed by atoms with van der Waals surface area (Å²) < 4.78 is 1.77. The molecular weight excluding hydrogens is 426 g/mol. The Bertz CT molecular complexity index is 1270. The fraction of sp³-hybridized carbons (Fsp3) is 0.130. The molecule has 5 rings (SSSR count). The van der Waals surface area contributed by atoms with E-state index in [9.17, 15) is 4.79 Å². The van der Waals surface area contributed by atoms with Gasteiger partial charge < -0.3 is 16.0 Å². The number of amides is 1. The van der Waals surface area contributed by atoms with Gasteiger partial charge in [-0.05, 0) is 47.9 Å². The van der Waals surface area contributed by atoms with Gasteiger partial charge in [-0.15, -0.1) is 0 Å². The van der Waals surface area contributed by atoms with Crippen LogP contribution in [0.1, 0.15) is 11.1 Å². The number of carbonyl (C=O) groups excluding carboxylic acids is 1. The van der Waals surface area contributed by atoms with E-state index in [0.717, 1.165) is 29.0 Å². The van der Waals surface area contributed by atoms with E-state index in [2.05, 4.69) is 31.0 Å². The van der Waals surface area contributed by atoms with Crippen LogP contribution in [0.15, 0.2) is 67.1 Å². The molecule has 0 aliphatic carbocycles. The lowest BCUT2D eigenvalue weighted by Crippen LogP contribution is -2.24. The highest BCUT2D eigenvalue weighted by atomic mass is 35.5. The summed E-state index contributed by atoms with van der Waals surface area (Å²) >= 11 is 6.37. The van der Waals surface area contributed by atoms with Crippen molar-refractivity contribution in [3.63, 3.8) is 0 Å². The maximum atomic E-state index is 11.9. The van der Waals surface area contributed by atoms with E-state index in [1.165, 1.54) is 5.56 Å². The smallest absolute Gasteiger partial charge is 0.229 e. The molecule has 1 aliphatic heterocycles. The van der Waals surface area contributed by atoms with E-state index in [4.69, 9.17) is 11.6 Å². The van der Waals surface area contributed by atoms with Gasteiger partial charge in [-0.25, -0.2) is 9.67 Å². The number of nitrogens with one attached hydrogen (secondary N) is 3. The van der Waals surface area contributed by atoms with Gasteiger partial charge in [0.15, 0.2) is 5.82 Å². The average molecular weight is 446 g/mol. The van der Waals surface area contributed by atoms with Crippen molar-refractivity contribution in [3.8, 4) is 5.69 Å². The fourth-order valence-corrected chi connectivity index (χ4v) is 3.78. The fourth-order valence-electron chi connectivity index (χ4n) is 3.65. The lowest BCUT2D eigenvalue weighted by atomic mass is 10.0. The quantitative estimate of drug-likeness (QED) is 0.429. The zero-order chi connectivity index (χ0) is 21.9. The van der Waals surface area contributed by atoms with E-state index >= 15 is 0 Å². The minimum Gasteiger partial charge on any atom is -0.355 e. The van der Waals surface area contributed by atoms with Gasteiger partial charge in [-0.2, -0.15) is 10.1 Å². The van der Waals surface area contributed by atoms with E-state index < -0.39 is 0 Å². The lowest BCUT2D eigenvalue weighted by Gasteiger charge is -2.14. The zero-order valence-corrected chi connectivity index (χ0v) is 17.8.